The van der Waals surface area contributed by atoms with Gasteiger partial charge in [0.1, 0.15) is 6.04 Å². The van der Waals surface area contributed by atoms with Crippen molar-refractivity contribution in [2.75, 3.05) is 12.0 Å². The van der Waals surface area contributed by atoms with E-state index in [0.29, 0.717) is 17.2 Å². The second-order valence-electron chi connectivity index (χ2n) is 4.91. The quantitative estimate of drug-likeness (QED) is 0.661. The molecule has 132 valence electrons. The first-order chi connectivity index (χ1) is 11.3. The molecule has 0 spiro atoms. The number of benzene rings is 1. The number of carbonyl (C=O) groups is 3. The third-order valence-corrected chi connectivity index (χ3v) is 4.26. The molecule has 0 unspecified atom stereocenters. The van der Waals surface area contributed by atoms with E-state index in [0.717, 1.165) is 0 Å². The third kappa shape index (κ3) is 6.22. The van der Waals surface area contributed by atoms with E-state index in [1.807, 2.05) is 6.26 Å². The minimum absolute atomic E-state index is 0.169. The number of ether oxygens (including phenoxy) is 1. The molecule has 1 aromatic carbocycles. The summed E-state index contributed by atoms with van der Waals surface area (Å²) in [5.74, 6) is -1.42. The van der Waals surface area contributed by atoms with Gasteiger partial charge < -0.3 is 15.8 Å². The van der Waals surface area contributed by atoms with E-state index in [1.165, 1.54) is 36.9 Å². The van der Waals surface area contributed by atoms with Crippen molar-refractivity contribution in [1.29, 1.82) is 0 Å². The first-order valence-corrected chi connectivity index (χ1v) is 9.16. The van der Waals surface area contributed by atoms with E-state index in [-0.39, 0.29) is 10.6 Å². The fourth-order valence-corrected chi connectivity index (χ4v) is 2.67. The number of hydrogen-bond donors (Lipinski definition) is 2. The summed E-state index contributed by atoms with van der Waals surface area (Å²) < 4.78 is 4.97. The molecule has 1 rings (SSSR count). The van der Waals surface area contributed by atoms with Gasteiger partial charge in [-0.05, 0) is 43.6 Å². The smallest absolute Gasteiger partial charge is 0.329 e. The highest BCUT2D eigenvalue weighted by atomic mass is 35.5. The summed E-state index contributed by atoms with van der Waals surface area (Å²) in [4.78, 5) is 35.5. The number of carbonyl (C=O) groups excluding carboxylic acids is 3. The van der Waals surface area contributed by atoms with Gasteiger partial charge in [-0.25, -0.2) is 4.79 Å². The summed E-state index contributed by atoms with van der Waals surface area (Å²) in [5.41, 5.74) is 5.26. The molecular weight excluding hydrogens is 375 g/mol. The van der Waals surface area contributed by atoms with E-state index >= 15 is 0 Å². The van der Waals surface area contributed by atoms with E-state index in [1.54, 1.807) is 0 Å². The number of halogens is 2. The van der Waals surface area contributed by atoms with Crippen LogP contribution in [-0.4, -0.2) is 41.9 Å². The molecule has 24 heavy (non-hydrogen) atoms. The molecule has 6 nitrogen and oxygen atoms in total. The lowest BCUT2D eigenvalue weighted by Crippen LogP contribution is -2.44. The van der Waals surface area contributed by atoms with Crippen LogP contribution in [-0.2, 0) is 14.3 Å². The Morgan fingerprint density at radius 2 is 2.00 bits per heavy atom. The van der Waals surface area contributed by atoms with Crippen LogP contribution in [0.3, 0.4) is 0 Å². The Hall–Kier alpha value is -1.44. The Labute approximate surface area is 154 Å². The zero-order chi connectivity index (χ0) is 18.3. The molecular formula is C15H18Cl2N2O4S. The minimum Gasteiger partial charge on any atom is -0.451 e. The van der Waals surface area contributed by atoms with Gasteiger partial charge in [0.15, 0.2) is 6.10 Å². The standard InChI is InChI=1S/C15H18Cl2N2O4S/c1-8(13(18)20)23-15(22)12(5-6-24-2)19-14(21)10-4-3-9(16)7-11(10)17/h3-4,7-8,12H,5-6H2,1-2H3,(H2,18,20)(H,19,21)/t8-,12-/m0/s1. The van der Waals surface area contributed by atoms with Gasteiger partial charge in [0.05, 0.1) is 10.6 Å². The molecule has 0 aliphatic heterocycles. The molecule has 0 fully saturated rings. The van der Waals surface area contributed by atoms with E-state index < -0.39 is 29.9 Å². The number of nitrogens with two attached hydrogens (primary N) is 1. The molecule has 0 bridgehead atoms. The minimum atomic E-state index is -1.08. The first-order valence-electron chi connectivity index (χ1n) is 7.01. The predicted octanol–water partition coefficient (Wildman–Crippen LogP) is 2.26. The van der Waals surface area contributed by atoms with Gasteiger partial charge in [-0.1, -0.05) is 23.2 Å². The topological polar surface area (TPSA) is 98.5 Å². The van der Waals surface area contributed by atoms with Crippen LogP contribution >= 0.6 is 35.0 Å². The van der Waals surface area contributed by atoms with Crippen LogP contribution < -0.4 is 11.1 Å². The summed E-state index contributed by atoms with van der Waals surface area (Å²) in [6.45, 7) is 1.36. The Morgan fingerprint density at radius 1 is 1.33 bits per heavy atom. The molecule has 0 aliphatic rings. The summed E-state index contributed by atoms with van der Waals surface area (Å²) >= 11 is 13.3. The van der Waals surface area contributed by atoms with E-state index in [4.69, 9.17) is 33.7 Å². The number of primary amides is 1. The number of amides is 2. The van der Waals surface area contributed by atoms with Crippen LogP contribution in [0.25, 0.3) is 0 Å². The lowest BCUT2D eigenvalue weighted by Gasteiger charge is -2.19. The summed E-state index contributed by atoms with van der Waals surface area (Å²) in [6.07, 6.45) is 1.12. The second-order valence-corrected chi connectivity index (χ2v) is 6.74. The van der Waals surface area contributed by atoms with Gasteiger partial charge in [0.2, 0.25) is 0 Å². The molecule has 2 amide bonds. The maximum atomic E-state index is 12.3. The lowest BCUT2D eigenvalue weighted by atomic mass is 10.1. The number of nitrogens with one attached hydrogen (secondary N) is 1. The van der Waals surface area contributed by atoms with Gasteiger partial charge in [-0.15, -0.1) is 0 Å². The van der Waals surface area contributed by atoms with Crippen molar-refractivity contribution in [3.05, 3.63) is 33.8 Å². The number of thioether (sulfide) groups is 1. The van der Waals surface area contributed by atoms with Gasteiger partial charge in [-0.2, -0.15) is 11.8 Å². The average molecular weight is 393 g/mol. The summed E-state index contributed by atoms with van der Waals surface area (Å²) in [6, 6.07) is 3.50. The van der Waals surface area contributed by atoms with Crippen molar-refractivity contribution in [1.82, 2.24) is 5.32 Å². The molecule has 2 atom stereocenters. The molecule has 0 heterocycles. The molecule has 0 saturated carbocycles. The highest BCUT2D eigenvalue weighted by Gasteiger charge is 2.26. The van der Waals surface area contributed by atoms with Crippen LogP contribution in [0.4, 0.5) is 0 Å². The zero-order valence-corrected chi connectivity index (χ0v) is 15.5. The zero-order valence-electron chi connectivity index (χ0n) is 13.2. The van der Waals surface area contributed by atoms with Crippen molar-refractivity contribution in [3.8, 4) is 0 Å². The van der Waals surface area contributed by atoms with E-state index in [9.17, 15) is 14.4 Å². The van der Waals surface area contributed by atoms with Crippen LogP contribution in [0.1, 0.15) is 23.7 Å². The van der Waals surface area contributed by atoms with Crippen molar-refractivity contribution >= 4 is 52.7 Å². The Morgan fingerprint density at radius 3 is 2.54 bits per heavy atom. The third-order valence-electron chi connectivity index (χ3n) is 3.07. The summed E-state index contributed by atoms with van der Waals surface area (Å²) in [7, 11) is 0. The van der Waals surface area contributed by atoms with Crippen molar-refractivity contribution in [3.63, 3.8) is 0 Å². The monoisotopic (exact) mass is 392 g/mol. The number of rotatable bonds is 8. The highest BCUT2D eigenvalue weighted by Crippen LogP contribution is 2.21. The van der Waals surface area contributed by atoms with Gasteiger partial charge in [0.25, 0.3) is 11.8 Å². The normalized spacial score (nSPS) is 13.0. The molecule has 3 N–H and O–H groups in total. The van der Waals surface area contributed by atoms with Crippen molar-refractivity contribution in [2.24, 2.45) is 5.73 Å². The molecule has 9 heteroatoms. The lowest BCUT2D eigenvalue weighted by molar-refractivity contribution is -0.155. The molecule has 1 aromatic rings. The Bertz CT molecular complexity index is 627. The fourth-order valence-electron chi connectivity index (χ4n) is 1.71. The molecule has 0 saturated heterocycles. The largest absolute Gasteiger partial charge is 0.451 e. The van der Waals surface area contributed by atoms with Crippen LogP contribution in [0.2, 0.25) is 10.0 Å². The Kier molecular flexibility index (Phi) is 8.38. The Balaban J connectivity index is 2.86. The van der Waals surface area contributed by atoms with Crippen LogP contribution in [0.5, 0.6) is 0 Å². The highest BCUT2D eigenvalue weighted by molar-refractivity contribution is 7.98. The first kappa shape index (κ1) is 20.6. The van der Waals surface area contributed by atoms with Gasteiger partial charge >= 0.3 is 5.97 Å². The predicted molar refractivity (Wildman–Crippen MR) is 95.5 cm³/mol. The van der Waals surface area contributed by atoms with Gasteiger partial charge in [0, 0.05) is 5.02 Å². The van der Waals surface area contributed by atoms with Crippen molar-refractivity contribution in [2.45, 2.75) is 25.5 Å². The molecule has 0 aromatic heterocycles. The second kappa shape index (κ2) is 9.76. The van der Waals surface area contributed by atoms with E-state index in [2.05, 4.69) is 5.32 Å². The average Bonchev–Trinajstić information content (AvgIpc) is 2.50. The van der Waals surface area contributed by atoms with Crippen LogP contribution in [0.15, 0.2) is 18.2 Å². The molecule has 0 aliphatic carbocycles. The number of hydrogen-bond acceptors (Lipinski definition) is 5. The number of esters is 1. The van der Waals surface area contributed by atoms with Crippen LogP contribution in [0, 0.1) is 0 Å². The van der Waals surface area contributed by atoms with Gasteiger partial charge in [-0.3, -0.25) is 9.59 Å². The fraction of sp³-hybridized carbons (Fsp3) is 0.400. The van der Waals surface area contributed by atoms with Crippen molar-refractivity contribution < 1.29 is 19.1 Å². The SMILES string of the molecule is CSCC[C@H](NC(=O)c1ccc(Cl)cc1Cl)C(=O)O[C@@H](C)C(N)=O. The maximum Gasteiger partial charge on any atom is 0.329 e. The maximum absolute atomic E-state index is 12.3. The summed E-state index contributed by atoms with van der Waals surface area (Å²) in [5, 5.41) is 3.13. The molecule has 0 radical (unpaired) electrons.